The molecule has 178 valence electrons. The molecule has 2 bridgehead atoms. The molecule has 33 heavy (non-hydrogen) atoms. The highest BCUT2D eigenvalue weighted by molar-refractivity contribution is 5.83. The Hall–Kier alpha value is -2.86. The van der Waals surface area contributed by atoms with Crippen molar-refractivity contribution >= 4 is 5.91 Å². The van der Waals surface area contributed by atoms with E-state index in [0.29, 0.717) is 30.6 Å². The molecule has 0 saturated heterocycles. The summed E-state index contributed by atoms with van der Waals surface area (Å²) in [6.07, 6.45) is -1.58. The molecule has 1 aromatic carbocycles. The van der Waals surface area contributed by atoms with Crippen LogP contribution in [0.5, 0.6) is 11.5 Å². The van der Waals surface area contributed by atoms with Crippen molar-refractivity contribution in [1.82, 2.24) is 15.1 Å². The number of fused-ring (bicyclic) bond motifs is 1. The molecule has 1 aliphatic heterocycles. The normalized spacial score (nSPS) is 29.8. The highest BCUT2D eigenvalue weighted by Gasteiger charge is 2.70. The molecule has 3 fully saturated rings. The number of nitrogens with zero attached hydrogens (tertiary/aromatic N) is 2. The smallest absolute Gasteiger partial charge is 0.488 e. The van der Waals surface area contributed by atoms with Gasteiger partial charge in [-0.15, -0.1) is 13.2 Å². The molecule has 2 N–H and O–H groups in total. The van der Waals surface area contributed by atoms with Gasteiger partial charge in [0.25, 0.3) is 5.91 Å². The Morgan fingerprint density at radius 2 is 2.06 bits per heavy atom. The molecule has 4 aliphatic rings. The van der Waals surface area contributed by atoms with Crippen LogP contribution < -0.4 is 14.8 Å². The third-order valence-corrected chi connectivity index (χ3v) is 6.38. The van der Waals surface area contributed by atoms with Crippen molar-refractivity contribution in [2.24, 2.45) is 0 Å². The number of nitrogens with one attached hydrogen (secondary N) is 1. The van der Waals surface area contributed by atoms with E-state index < -0.39 is 31.0 Å². The lowest BCUT2D eigenvalue weighted by Gasteiger charge is -2.70. The van der Waals surface area contributed by atoms with E-state index in [4.69, 9.17) is 9.47 Å². The van der Waals surface area contributed by atoms with E-state index in [0.717, 1.165) is 0 Å². The molecule has 3 aliphatic carbocycles. The van der Waals surface area contributed by atoms with Crippen LogP contribution >= 0.6 is 0 Å². The number of carbonyl (C=O) groups is 1. The summed E-state index contributed by atoms with van der Waals surface area (Å²) in [6.45, 7) is -0.881. The fourth-order valence-corrected chi connectivity index (χ4v) is 4.99. The van der Waals surface area contributed by atoms with Crippen molar-refractivity contribution in [3.8, 4) is 11.5 Å². The lowest BCUT2D eigenvalue weighted by atomic mass is 9.44. The number of hydrogen-bond acceptors (Lipinski definition) is 6. The first-order chi connectivity index (χ1) is 15.6. The monoisotopic (exact) mass is 471 g/mol. The molecule has 6 rings (SSSR count). The lowest BCUT2D eigenvalue weighted by molar-refractivity contribution is -0.325. The van der Waals surface area contributed by atoms with Gasteiger partial charge in [-0.1, -0.05) is 0 Å². The summed E-state index contributed by atoms with van der Waals surface area (Å²) < 4.78 is 65.6. The topological polar surface area (TPSA) is 94.8 Å². The molecule has 2 atom stereocenters. The van der Waals surface area contributed by atoms with Crippen LogP contribution in [0.4, 0.5) is 17.6 Å². The van der Waals surface area contributed by atoms with Crippen LogP contribution in [0.2, 0.25) is 0 Å². The van der Waals surface area contributed by atoms with Gasteiger partial charge >= 0.3 is 6.36 Å². The van der Waals surface area contributed by atoms with Gasteiger partial charge in [-0.2, -0.15) is 5.10 Å². The number of ether oxygens (including phenoxy) is 3. The number of alkyl halides is 3. The van der Waals surface area contributed by atoms with Crippen LogP contribution in [-0.4, -0.2) is 52.0 Å². The predicted octanol–water partition coefficient (Wildman–Crippen LogP) is 2.57. The first-order valence-electron chi connectivity index (χ1n) is 10.4. The standard InChI is InChI=1S/C21H21F4N3O5/c22-12-1-2-16-14(5-12)15(29)6-17(33-16)18(30)27-19-9-20(10-19,11-19)28-8-13(7-26-28)31-3-4-32-21(23,24)25/h1-2,5,7-8,15,17,29H,3-4,6,9-11H2,(H,27,30)/t15-,17-,19?,20?/m1/s1. The molecule has 2 heterocycles. The van der Waals surface area contributed by atoms with Crippen LogP contribution in [0.15, 0.2) is 30.6 Å². The first kappa shape index (κ1) is 22.0. The maximum absolute atomic E-state index is 13.4. The summed E-state index contributed by atoms with van der Waals surface area (Å²) >= 11 is 0. The Labute approximate surface area is 185 Å². The van der Waals surface area contributed by atoms with Crippen molar-refractivity contribution in [3.05, 3.63) is 42.0 Å². The highest BCUT2D eigenvalue weighted by atomic mass is 19.4. The minimum Gasteiger partial charge on any atom is -0.488 e. The molecular weight excluding hydrogens is 450 g/mol. The number of aliphatic hydroxyl groups is 1. The molecule has 0 unspecified atom stereocenters. The Morgan fingerprint density at radius 1 is 1.30 bits per heavy atom. The fraction of sp³-hybridized carbons (Fsp3) is 0.524. The summed E-state index contributed by atoms with van der Waals surface area (Å²) in [6, 6.07) is 3.81. The Kier molecular flexibility index (Phi) is 5.05. The van der Waals surface area contributed by atoms with Gasteiger partial charge in [0, 0.05) is 17.5 Å². The second kappa shape index (κ2) is 7.59. The first-order valence-corrected chi connectivity index (χ1v) is 10.4. The summed E-state index contributed by atoms with van der Waals surface area (Å²) in [7, 11) is 0. The largest absolute Gasteiger partial charge is 0.522 e. The molecule has 12 heteroatoms. The Morgan fingerprint density at radius 3 is 2.79 bits per heavy atom. The van der Waals surface area contributed by atoms with Crippen LogP contribution in [0, 0.1) is 5.82 Å². The van der Waals surface area contributed by atoms with Crippen LogP contribution in [0.3, 0.4) is 0 Å². The van der Waals surface area contributed by atoms with Gasteiger partial charge in [-0.25, -0.2) is 4.39 Å². The number of amides is 1. The van der Waals surface area contributed by atoms with E-state index in [1.165, 1.54) is 24.4 Å². The third kappa shape index (κ3) is 4.12. The maximum atomic E-state index is 13.4. The molecule has 2 aromatic rings. The minimum atomic E-state index is -4.69. The number of halogens is 4. The van der Waals surface area contributed by atoms with Crippen molar-refractivity contribution in [1.29, 1.82) is 0 Å². The van der Waals surface area contributed by atoms with Crippen molar-refractivity contribution in [3.63, 3.8) is 0 Å². The van der Waals surface area contributed by atoms with Crippen LogP contribution in [0.25, 0.3) is 0 Å². The van der Waals surface area contributed by atoms with Crippen LogP contribution in [0.1, 0.15) is 37.4 Å². The third-order valence-electron chi connectivity index (χ3n) is 6.38. The van der Waals surface area contributed by atoms with E-state index in [-0.39, 0.29) is 35.8 Å². The van der Waals surface area contributed by atoms with Crippen molar-refractivity contribution < 1.29 is 41.7 Å². The Balaban J connectivity index is 1.12. The highest BCUT2D eigenvalue weighted by Crippen LogP contribution is 2.65. The van der Waals surface area contributed by atoms with E-state index in [9.17, 15) is 27.5 Å². The average Bonchev–Trinajstić information content (AvgIpc) is 3.15. The molecule has 1 aromatic heterocycles. The molecule has 1 amide bonds. The summed E-state index contributed by atoms with van der Waals surface area (Å²) in [5.74, 6) is -0.205. The zero-order chi connectivity index (χ0) is 23.4. The van der Waals surface area contributed by atoms with E-state index >= 15 is 0 Å². The number of rotatable bonds is 7. The van der Waals surface area contributed by atoms with Crippen molar-refractivity contribution in [2.45, 2.75) is 55.3 Å². The summed E-state index contributed by atoms with van der Waals surface area (Å²) in [4.78, 5) is 12.8. The molecule has 0 spiro atoms. The van der Waals surface area contributed by atoms with Gasteiger partial charge in [-0.05, 0) is 37.5 Å². The minimum absolute atomic E-state index is 0.0292. The molecule has 8 nitrogen and oxygen atoms in total. The van der Waals surface area contributed by atoms with Gasteiger partial charge in [0.1, 0.15) is 18.2 Å². The molecule has 0 radical (unpaired) electrons. The Bertz CT molecular complexity index is 1050. The van der Waals surface area contributed by atoms with Gasteiger partial charge < -0.3 is 19.9 Å². The zero-order valence-corrected chi connectivity index (χ0v) is 17.3. The predicted molar refractivity (Wildman–Crippen MR) is 103 cm³/mol. The lowest BCUT2D eigenvalue weighted by Crippen LogP contribution is -2.79. The maximum Gasteiger partial charge on any atom is 0.522 e. The van der Waals surface area contributed by atoms with Crippen LogP contribution in [-0.2, 0) is 15.1 Å². The fourth-order valence-electron chi connectivity index (χ4n) is 4.99. The number of carbonyl (C=O) groups excluding carboxylic acids is 1. The quantitative estimate of drug-likeness (QED) is 0.476. The van der Waals surface area contributed by atoms with Crippen molar-refractivity contribution in [2.75, 3.05) is 13.2 Å². The second-order valence-electron chi connectivity index (χ2n) is 8.83. The van der Waals surface area contributed by atoms with Gasteiger partial charge in [-0.3, -0.25) is 14.2 Å². The summed E-state index contributed by atoms with van der Waals surface area (Å²) in [5.41, 5.74) is -0.332. The van der Waals surface area contributed by atoms with Gasteiger partial charge in [0.2, 0.25) is 0 Å². The van der Waals surface area contributed by atoms with E-state index in [2.05, 4.69) is 15.2 Å². The van der Waals surface area contributed by atoms with E-state index in [1.807, 2.05) is 0 Å². The average molecular weight is 471 g/mol. The number of aromatic nitrogens is 2. The molecule has 3 saturated carbocycles. The summed E-state index contributed by atoms with van der Waals surface area (Å²) in [5, 5.41) is 17.5. The van der Waals surface area contributed by atoms with Gasteiger partial charge in [0.05, 0.1) is 30.6 Å². The molecular formula is C21H21F4N3O5. The van der Waals surface area contributed by atoms with Gasteiger partial charge in [0.15, 0.2) is 11.9 Å². The zero-order valence-electron chi connectivity index (χ0n) is 17.3. The number of hydrogen-bond donors (Lipinski definition) is 2. The van der Waals surface area contributed by atoms with E-state index in [1.54, 1.807) is 10.9 Å². The second-order valence-corrected chi connectivity index (χ2v) is 8.83. The number of benzene rings is 1. The number of aliphatic hydroxyl groups excluding tert-OH is 1. The SMILES string of the molecule is O=C(NC12CC(n3cc(OCCOC(F)(F)F)cn3)(C1)C2)[C@H]1C[C@@H](O)c2cc(F)ccc2O1.